The molecule has 3 aromatic rings. The molecule has 0 fully saturated rings. The largest absolute Gasteiger partial charge is 0.352 e. The smallest absolute Gasteiger partial charge is 0.243 e. The summed E-state index contributed by atoms with van der Waals surface area (Å²) >= 11 is 1.58. The van der Waals surface area contributed by atoms with Crippen molar-refractivity contribution in [2.75, 3.05) is 5.75 Å². The first-order valence-corrected chi connectivity index (χ1v) is 12.9. The molecule has 34 heavy (non-hydrogen) atoms. The Morgan fingerprint density at radius 1 is 0.853 bits per heavy atom. The summed E-state index contributed by atoms with van der Waals surface area (Å²) in [5.41, 5.74) is 4.38. The maximum Gasteiger partial charge on any atom is 0.243 e. The van der Waals surface area contributed by atoms with E-state index < -0.39 is 6.04 Å². The Bertz CT molecular complexity index is 1050. The number of hydrogen-bond donors (Lipinski definition) is 1. The highest BCUT2D eigenvalue weighted by Crippen LogP contribution is 2.20. The lowest BCUT2D eigenvalue weighted by atomic mass is 10.0. The number of thioether (sulfide) groups is 1. The molecule has 0 spiro atoms. The second kappa shape index (κ2) is 13.0. The van der Waals surface area contributed by atoms with E-state index in [0.717, 1.165) is 22.4 Å². The van der Waals surface area contributed by atoms with Gasteiger partial charge < -0.3 is 10.2 Å². The van der Waals surface area contributed by atoms with Gasteiger partial charge in [0.25, 0.3) is 0 Å². The van der Waals surface area contributed by atoms with Crippen LogP contribution in [0.25, 0.3) is 0 Å². The van der Waals surface area contributed by atoms with Crippen LogP contribution in [0, 0.1) is 6.92 Å². The first-order valence-electron chi connectivity index (χ1n) is 11.7. The quantitative estimate of drug-likeness (QED) is 0.405. The molecule has 3 rings (SSSR count). The summed E-state index contributed by atoms with van der Waals surface area (Å²) in [5, 5.41) is 3.04. The molecule has 178 valence electrons. The summed E-state index contributed by atoms with van der Waals surface area (Å²) in [6.07, 6.45) is 0.473. The predicted octanol–water partition coefficient (Wildman–Crippen LogP) is 5.39. The van der Waals surface area contributed by atoms with Gasteiger partial charge in [0.1, 0.15) is 6.04 Å². The van der Waals surface area contributed by atoms with Crippen molar-refractivity contribution in [2.45, 2.75) is 51.6 Å². The SMILES string of the molecule is Cc1ccccc1CN(C(=O)CSCc1ccccc1)[C@H](Cc1ccccc1)C(=O)NC(C)C. The van der Waals surface area contributed by atoms with Crippen molar-refractivity contribution in [3.05, 3.63) is 107 Å². The molecule has 0 aliphatic rings. The first kappa shape index (κ1) is 25.6. The van der Waals surface area contributed by atoms with Crippen LogP contribution in [-0.2, 0) is 28.3 Å². The molecule has 0 aromatic heterocycles. The molecule has 0 aliphatic carbocycles. The third-order valence-corrected chi connectivity index (χ3v) is 6.63. The van der Waals surface area contributed by atoms with Gasteiger partial charge in [-0.3, -0.25) is 9.59 Å². The Labute approximate surface area is 207 Å². The number of carbonyl (C=O) groups is 2. The molecular weight excluding hydrogens is 440 g/mol. The topological polar surface area (TPSA) is 49.4 Å². The molecule has 1 atom stereocenters. The van der Waals surface area contributed by atoms with E-state index in [1.807, 2.05) is 93.6 Å². The van der Waals surface area contributed by atoms with Gasteiger partial charge in [0, 0.05) is 24.8 Å². The van der Waals surface area contributed by atoms with Gasteiger partial charge in [-0.25, -0.2) is 0 Å². The maximum atomic E-state index is 13.6. The van der Waals surface area contributed by atoms with Crippen molar-refractivity contribution >= 4 is 23.6 Å². The van der Waals surface area contributed by atoms with Gasteiger partial charge in [-0.2, -0.15) is 0 Å². The molecule has 4 nitrogen and oxygen atoms in total. The van der Waals surface area contributed by atoms with Crippen LogP contribution in [0.1, 0.15) is 36.1 Å². The van der Waals surface area contributed by atoms with E-state index in [1.165, 1.54) is 5.56 Å². The van der Waals surface area contributed by atoms with Crippen LogP contribution in [0.2, 0.25) is 0 Å². The van der Waals surface area contributed by atoms with Gasteiger partial charge in [0.15, 0.2) is 0 Å². The second-order valence-corrected chi connectivity index (χ2v) is 9.78. The molecule has 0 heterocycles. The van der Waals surface area contributed by atoms with Crippen LogP contribution in [0.5, 0.6) is 0 Å². The molecule has 0 saturated carbocycles. The second-order valence-electron chi connectivity index (χ2n) is 8.80. The number of amides is 2. The van der Waals surface area contributed by atoms with E-state index in [9.17, 15) is 9.59 Å². The summed E-state index contributed by atoms with van der Waals surface area (Å²) in [6, 6.07) is 27.5. The zero-order chi connectivity index (χ0) is 24.3. The molecule has 1 N–H and O–H groups in total. The normalized spacial score (nSPS) is 11.8. The minimum atomic E-state index is -0.589. The lowest BCUT2D eigenvalue weighted by Gasteiger charge is -2.32. The van der Waals surface area contributed by atoms with Crippen molar-refractivity contribution in [3.63, 3.8) is 0 Å². The summed E-state index contributed by atoms with van der Waals surface area (Å²) in [4.78, 5) is 28.7. The van der Waals surface area contributed by atoms with Crippen LogP contribution in [0.3, 0.4) is 0 Å². The van der Waals surface area contributed by atoms with Gasteiger partial charge in [-0.1, -0.05) is 84.9 Å². The molecule has 2 amide bonds. The van der Waals surface area contributed by atoms with Crippen LogP contribution < -0.4 is 5.32 Å². The minimum Gasteiger partial charge on any atom is -0.352 e. The van der Waals surface area contributed by atoms with E-state index in [1.54, 1.807) is 16.7 Å². The monoisotopic (exact) mass is 474 g/mol. The summed E-state index contributed by atoms with van der Waals surface area (Å²) in [5.74, 6) is 0.936. The summed E-state index contributed by atoms with van der Waals surface area (Å²) < 4.78 is 0. The maximum absolute atomic E-state index is 13.6. The highest BCUT2D eigenvalue weighted by Gasteiger charge is 2.30. The molecule has 0 unspecified atom stereocenters. The molecule has 0 bridgehead atoms. The Kier molecular flexibility index (Phi) is 9.77. The average molecular weight is 475 g/mol. The minimum absolute atomic E-state index is 0.00589. The number of aryl methyl sites for hydroxylation is 1. The highest BCUT2D eigenvalue weighted by molar-refractivity contribution is 7.99. The van der Waals surface area contributed by atoms with Crippen molar-refractivity contribution in [1.29, 1.82) is 0 Å². The van der Waals surface area contributed by atoms with Crippen molar-refractivity contribution in [1.82, 2.24) is 10.2 Å². The Morgan fingerprint density at radius 3 is 2.06 bits per heavy atom. The van der Waals surface area contributed by atoms with Crippen LogP contribution in [-0.4, -0.2) is 34.6 Å². The van der Waals surface area contributed by atoms with Crippen molar-refractivity contribution < 1.29 is 9.59 Å². The summed E-state index contributed by atoms with van der Waals surface area (Å²) in [6.45, 7) is 6.34. The molecule has 0 radical (unpaired) electrons. The third-order valence-electron chi connectivity index (χ3n) is 5.64. The number of nitrogens with one attached hydrogen (secondary N) is 1. The summed E-state index contributed by atoms with van der Waals surface area (Å²) in [7, 11) is 0. The van der Waals surface area contributed by atoms with E-state index in [4.69, 9.17) is 0 Å². The van der Waals surface area contributed by atoms with Gasteiger partial charge >= 0.3 is 0 Å². The van der Waals surface area contributed by atoms with E-state index >= 15 is 0 Å². The van der Waals surface area contributed by atoms with Crippen LogP contribution in [0.15, 0.2) is 84.9 Å². The number of benzene rings is 3. The Morgan fingerprint density at radius 2 is 1.44 bits per heavy atom. The number of nitrogens with zero attached hydrogens (tertiary/aromatic N) is 1. The van der Waals surface area contributed by atoms with E-state index in [0.29, 0.717) is 18.7 Å². The van der Waals surface area contributed by atoms with Crippen LogP contribution >= 0.6 is 11.8 Å². The van der Waals surface area contributed by atoms with Crippen molar-refractivity contribution in [2.24, 2.45) is 0 Å². The average Bonchev–Trinajstić information content (AvgIpc) is 2.83. The fraction of sp³-hybridized carbons (Fsp3) is 0.310. The predicted molar refractivity (Wildman–Crippen MR) is 142 cm³/mol. The van der Waals surface area contributed by atoms with E-state index in [2.05, 4.69) is 17.4 Å². The lowest BCUT2D eigenvalue weighted by molar-refractivity contribution is -0.139. The molecule has 3 aromatic carbocycles. The molecule has 5 heteroatoms. The fourth-order valence-electron chi connectivity index (χ4n) is 3.82. The Hall–Kier alpha value is -3.05. The number of carbonyl (C=O) groups excluding carboxylic acids is 2. The van der Waals surface area contributed by atoms with Gasteiger partial charge in [0.2, 0.25) is 11.8 Å². The molecular formula is C29H34N2O2S. The van der Waals surface area contributed by atoms with Crippen LogP contribution in [0.4, 0.5) is 0 Å². The Balaban J connectivity index is 1.86. The zero-order valence-corrected chi connectivity index (χ0v) is 21.1. The van der Waals surface area contributed by atoms with Gasteiger partial charge in [-0.15, -0.1) is 11.8 Å². The van der Waals surface area contributed by atoms with Gasteiger partial charge in [-0.05, 0) is 43.0 Å². The van der Waals surface area contributed by atoms with Gasteiger partial charge in [0.05, 0.1) is 5.75 Å². The molecule has 0 aliphatic heterocycles. The lowest BCUT2D eigenvalue weighted by Crippen LogP contribution is -2.52. The number of hydrogen-bond acceptors (Lipinski definition) is 3. The molecule has 0 saturated heterocycles. The van der Waals surface area contributed by atoms with E-state index in [-0.39, 0.29) is 17.9 Å². The third kappa shape index (κ3) is 7.77. The first-order chi connectivity index (χ1) is 16.4. The standard InChI is InChI=1S/C29H34N2O2S/c1-22(2)30-29(33)27(18-24-13-6-4-7-14-24)31(19-26-17-11-10-12-23(26)3)28(32)21-34-20-25-15-8-5-9-16-25/h4-17,22,27H,18-21H2,1-3H3,(H,30,33)/t27-/m1/s1. The number of rotatable bonds is 11. The zero-order valence-electron chi connectivity index (χ0n) is 20.2. The fourth-order valence-corrected chi connectivity index (χ4v) is 4.69. The highest BCUT2D eigenvalue weighted by atomic mass is 32.2. The van der Waals surface area contributed by atoms with Crippen molar-refractivity contribution in [3.8, 4) is 0 Å².